The molecule has 148 valence electrons. The lowest BCUT2D eigenvalue weighted by Gasteiger charge is -2.24. The number of carbonyl (C=O) groups is 3. The number of hydrogen-bond acceptors (Lipinski definition) is 7. The Bertz CT molecular complexity index is 875. The van der Waals surface area contributed by atoms with Gasteiger partial charge in [0.15, 0.2) is 0 Å². The lowest BCUT2D eigenvalue weighted by atomic mass is 10.1. The molecule has 0 saturated heterocycles. The molecule has 8 nitrogen and oxygen atoms in total. The van der Waals surface area contributed by atoms with Crippen molar-refractivity contribution >= 4 is 40.8 Å². The van der Waals surface area contributed by atoms with Gasteiger partial charge < -0.3 is 24.4 Å². The van der Waals surface area contributed by atoms with E-state index in [9.17, 15) is 14.4 Å². The molecule has 1 N–H and O–H groups in total. The number of carbonyl (C=O) groups excluding carboxylic acids is 3. The predicted molar refractivity (Wildman–Crippen MR) is 104 cm³/mol. The molecule has 0 fully saturated rings. The fourth-order valence-electron chi connectivity index (χ4n) is 2.45. The van der Waals surface area contributed by atoms with Crippen LogP contribution < -0.4 is 10.2 Å². The Kier molecular flexibility index (Phi) is 7.36. The van der Waals surface area contributed by atoms with Crippen molar-refractivity contribution in [1.82, 2.24) is 0 Å². The average molecular weight is 407 g/mol. The summed E-state index contributed by atoms with van der Waals surface area (Å²) in [7, 11) is 3.81. The highest BCUT2D eigenvalue weighted by Gasteiger charge is 2.28. The molecule has 1 heterocycles. The van der Waals surface area contributed by atoms with Gasteiger partial charge in [0.25, 0.3) is 0 Å². The molecule has 2 rings (SSSR count). The molecular weight excluding hydrogens is 388 g/mol. The normalized spacial score (nSPS) is 13.2. The topological polar surface area (TPSA) is 94.2 Å². The molecule has 0 atom stereocenters. The first-order valence-corrected chi connectivity index (χ1v) is 8.44. The number of hydrogen-bond donors (Lipinski definition) is 1. The monoisotopic (exact) mass is 406 g/mol. The molecule has 1 aliphatic heterocycles. The highest BCUT2D eigenvalue weighted by atomic mass is 35.5. The van der Waals surface area contributed by atoms with Crippen LogP contribution in [0.15, 0.2) is 53.9 Å². The molecule has 1 aliphatic rings. The Morgan fingerprint density at radius 3 is 2.43 bits per heavy atom. The number of anilines is 2. The van der Waals surface area contributed by atoms with Crippen LogP contribution in [0.1, 0.15) is 0 Å². The van der Waals surface area contributed by atoms with Crippen LogP contribution in [0.4, 0.5) is 11.4 Å². The first-order valence-electron chi connectivity index (χ1n) is 8.06. The highest BCUT2D eigenvalue weighted by Crippen LogP contribution is 2.34. The molecule has 1 amide bonds. The molecule has 0 aromatic heterocycles. The van der Waals surface area contributed by atoms with E-state index in [2.05, 4.69) is 5.32 Å². The standard InChI is InChI=1S/C19H19ClN2O6/c1-26-11-16(23)21-12-7-8-14(20)15(10-12)22-9-5-4-6-13(18(24)27-2)17(22)19(25)28-3/h4-10H,11H2,1-3H3,(H,21,23). The van der Waals surface area contributed by atoms with Crippen molar-refractivity contribution < 1.29 is 28.6 Å². The number of allylic oxidation sites excluding steroid dienone is 2. The van der Waals surface area contributed by atoms with Crippen LogP contribution in [0.5, 0.6) is 0 Å². The summed E-state index contributed by atoms with van der Waals surface area (Å²) in [5.41, 5.74) is 0.681. The number of nitrogens with one attached hydrogen (secondary N) is 1. The van der Waals surface area contributed by atoms with Crippen LogP contribution in [0, 0.1) is 0 Å². The minimum atomic E-state index is -0.763. The van der Waals surface area contributed by atoms with Gasteiger partial charge in [-0.15, -0.1) is 0 Å². The third-order valence-electron chi connectivity index (χ3n) is 3.65. The van der Waals surface area contributed by atoms with Gasteiger partial charge in [-0.2, -0.15) is 0 Å². The maximum Gasteiger partial charge on any atom is 0.355 e. The zero-order valence-electron chi connectivity index (χ0n) is 15.5. The molecule has 1 aromatic rings. The molecule has 28 heavy (non-hydrogen) atoms. The Morgan fingerprint density at radius 2 is 1.79 bits per heavy atom. The van der Waals surface area contributed by atoms with Gasteiger partial charge >= 0.3 is 11.9 Å². The summed E-state index contributed by atoms with van der Waals surface area (Å²) in [6, 6.07) is 4.71. The number of amides is 1. The smallest absolute Gasteiger partial charge is 0.355 e. The number of esters is 2. The van der Waals surface area contributed by atoms with E-state index < -0.39 is 11.9 Å². The first kappa shape index (κ1) is 21.2. The highest BCUT2D eigenvalue weighted by molar-refractivity contribution is 6.33. The van der Waals surface area contributed by atoms with Crippen molar-refractivity contribution in [3.8, 4) is 0 Å². The van der Waals surface area contributed by atoms with Gasteiger partial charge in [-0.25, -0.2) is 9.59 Å². The quantitative estimate of drug-likeness (QED) is 0.725. The number of halogens is 1. The fraction of sp³-hybridized carbons (Fsp3) is 0.211. The molecule has 1 aromatic carbocycles. The zero-order valence-corrected chi connectivity index (χ0v) is 16.3. The van der Waals surface area contributed by atoms with E-state index in [1.54, 1.807) is 36.6 Å². The maximum atomic E-state index is 12.5. The van der Waals surface area contributed by atoms with Crippen molar-refractivity contribution in [3.63, 3.8) is 0 Å². The Labute approximate surface area is 167 Å². The van der Waals surface area contributed by atoms with Crippen LogP contribution in [-0.4, -0.2) is 45.8 Å². The molecule has 0 bridgehead atoms. The summed E-state index contributed by atoms with van der Waals surface area (Å²) >= 11 is 6.33. The van der Waals surface area contributed by atoms with E-state index in [1.807, 2.05) is 0 Å². The van der Waals surface area contributed by atoms with Gasteiger partial charge in [0.05, 0.1) is 30.5 Å². The van der Waals surface area contributed by atoms with E-state index in [0.717, 1.165) is 0 Å². The van der Waals surface area contributed by atoms with Crippen LogP contribution >= 0.6 is 11.6 Å². The molecule has 0 aliphatic carbocycles. The SMILES string of the molecule is COCC(=O)Nc1ccc(Cl)c(N2C=CC=CC(C(=O)OC)=C2C(=O)OC)c1. The third-order valence-corrected chi connectivity index (χ3v) is 3.97. The second kappa shape index (κ2) is 9.72. The van der Waals surface area contributed by atoms with Crippen LogP contribution in [0.25, 0.3) is 0 Å². The average Bonchev–Trinajstić information content (AvgIpc) is 2.91. The summed E-state index contributed by atoms with van der Waals surface area (Å²) in [5, 5.41) is 2.94. The van der Waals surface area contributed by atoms with Crippen LogP contribution in [-0.2, 0) is 28.6 Å². The van der Waals surface area contributed by atoms with E-state index in [1.165, 1.54) is 32.3 Å². The number of rotatable bonds is 6. The minimum Gasteiger partial charge on any atom is -0.465 e. The largest absolute Gasteiger partial charge is 0.465 e. The lowest BCUT2D eigenvalue weighted by molar-refractivity contribution is -0.139. The van der Waals surface area contributed by atoms with Gasteiger partial charge in [0.1, 0.15) is 12.3 Å². The molecular formula is C19H19ClN2O6. The Balaban J connectivity index is 2.58. The minimum absolute atomic E-state index is 0.00996. The van der Waals surface area contributed by atoms with Gasteiger partial charge in [0.2, 0.25) is 5.91 Å². The molecule has 0 spiro atoms. The van der Waals surface area contributed by atoms with E-state index >= 15 is 0 Å². The Morgan fingerprint density at radius 1 is 1.07 bits per heavy atom. The van der Waals surface area contributed by atoms with Crippen molar-refractivity contribution in [2.24, 2.45) is 0 Å². The maximum absolute atomic E-state index is 12.5. The third kappa shape index (κ3) is 4.79. The Hall–Kier alpha value is -3.10. The summed E-state index contributed by atoms with van der Waals surface area (Å²) in [5.74, 6) is -1.84. The molecule has 0 unspecified atom stereocenters. The molecule has 9 heteroatoms. The van der Waals surface area contributed by atoms with E-state index in [0.29, 0.717) is 11.4 Å². The van der Waals surface area contributed by atoms with Crippen LogP contribution in [0.2, 0.25) is 5.02 Å². The van der Waals surface area contributed by atoms with E-state index in [-0.39, 0.29) is 28.8 Å². The summed E-state index contributed by atoms with van der Waals surface area (Å²) in [4.78, 5) is 37.8. The first-order chi connectivity index (χ1) is 13.4. The zero-order chi connectivity index (χ0) is 20.7. The van der Waals surface area contributed by atoms with Crippen molar-refractivity contribution in [2.75, 3.05) is 38.2 Å². The second-order valence-electron chi connectivity index (χ2n) is 5.46. The number of benzene rings is 1. The molecule has 0 saturated carbocycles. The number of methoxy groups -OCH3 is 3. The second-order valence-corrected chi connectivity index (χ2v) is 5.87. The number of nitrogens with zero attached hydrogens (tertiary/aromatic N) is 1. The van der Waals surface area contributed by atoms with Crippen molar-refractivity contribution in [3.05, 3.63) is 58.9 Å². The van der Waals surface area contributed by atoms with Gasteiger partial charge in [-0.3, -0.25) is 4.79 Å². The van der Waals surface area contributed by atoms with E-state index in [4.69, 9.17) is 25.8 Å². The summed E-state index contributed by atoms with van der Waals surface area (Å²) < 4.78 is 14.4. The molecule has 0 radical (unpaired) electrons. The number of ether oxygens (including phenoxy) is 3. The van der Waals surface area contributed by atoms with Gasteiger partial charge in [0, 0.05) is 19.0 Å². The fourth-order valence-corrected chi connectivity index (χ4v) is 2.66. The van der Waals surface area contributed by atoms with Gasteiger partial charge in [-0.05, 0) is 30.4 Å². The van der Waals surface area contributed by atoms with Crippen molar-refractivity contribution in [1.29, 1.82) is 0 Å². The lowest BCUT2D eigenvalue weighted by Crippen LogP contribution is -2.27. The van der Waals surface area contributed by atoms with Gasteiger partial charge in [-0.1, -0.05) is 17.7 Å². The predicted octanol–water partition coefficient (Wildman–Crippen LogP) is 2.41. The van der Waals surface area contributed by atoms with Crippen molar-refractivity contribution in [2.45, 2.75) is 0 Å². The summed E-state index contributed by atoms with van der Waals surface area (Å²) in [6.45, 7) is -0.120. The van der Waals surface area contributed by atoms with Crippen LogP contribution in [0.3, 0.4) is 0 Å². The summed E-state index contributed by atoms with van der Waals surface area (Å²) in [6.07, 6.45) is 6.17.